The minimum atomic E-state index is -0.223. The van der Waals surface area contributed by atoms with Crippen molar-refractivity contribution in [1.29, 1.82) is 0 Å². The molecule has 0 unspecified atom stereocenters. The summed E-state index contributed by atoms with van der Waals surface area (Å²) in [6.07, 6.45) is 0. The Kier molecular flexibility index (Phi) is 8.01. The lowest BCUT2D eigenvalue weighted by Gasteiger charge is -2.20. The van der Waals surface area contributed by atoms with E-state index in [0.717, 1.165) is 11.3 Å². The zero-order valence-electron chi connectivity index (χ0n) is 15.0. The van der Waals surface area contributed by atoms with Crippen LogP contribution in [0.4, 0.5) is 5.69 Å². The number of thioether (sulfide) groups is 1. The molecule has 0 aliphatic carbocycles. The molecule has 2 aromatic carbocycles. The first-order valence-electron chi connectivity index (χ1n) is 8.45. The molecule has 0 bridgehead atoms. The van der Waals surface area contributed by atoms with Crippen LogP contribution in [-0.2, 0) is 15.3 Å². The van der Waals surface area contributed by atoms with Gasteiger partial charge >= 0.3 is 0 Å². The molecule has 0 heterocycles. The van der Waals surface area contributed by atoms with Crippen LogP contribution >= 0.6 is 23.4 Å². The number of anilines is 1. The first-order chi connectivity index (χ1) is 12.5. The Hall–Kier alpha value is -1.98. The van der Waals surface area contributed by atoms with E-state index in [9.17, 15) is 9.59 Å². The SMILES string of the molecule is CCN(CC(=O)Nc1cc(Cl)ccc1C)C(=O)CSCc1ccccc1. The van der Waals surface area contributed by atoms with E-state index >= 15 is 0 Å². The van der Waals surface area contributed by atoms with E-state index in [-0.39, 0.29) is 18.4 Å². The number of hydrogen-bond acceptors (Lipinski definition) is 3. The second-order valence-corrected chi connectivity index (χ2v) is 7.32. The van der Waals surface area contributed by atoms with Gasteiger partial charge in [-0.25, -0.2) is 0 Å². The minimum Gasteiger partial charge on any atom is -0.333 e. The molecule has 0 atom stereocenters. The summed E-state index contributed by atoms with van der Waals surface area (Å²) in [5.41, 5.74) is 2.78. The molecule has 0 spiro atoms. The standard InChI is InChI=1S/C20H23ClN2O2S/c1-3-23(20(25)14-26-13-16-7-5-4-6-8-16)12-19(24)22-18-11-17(21)10-9-15(18)2/h4-11H,3,12-14H2,1-2H3,(H,22,24). The smallest absolute Gasteiger partial charge is 0.244 e. The van der Waals surface area contributed by atoms with Crippen molar-refractivity contribution in [2.24, 2.45) is 0 Å². The van der Waals surface area contributed by atoms with Crippen molar-refractivity contribution in [3.8, 4) is 0 Å². The summed E-state index contributed by atoms with van der Waals surface area (Å²) >= 11 is 7.53. The van der Waals surface area contributed by atoms with Crippen molar-refractivity contribution < 1.29 is 9.59 Å². The molecule has 0 saturated heterocycles. The summed E-state index contributed by atoms with van der Waals surface area (Å²) < 4.78 is 0. The number of carbonyl (C=O) groups excluding carboxylic acids is 2. The summed E-state index contributed by atoms with van der Waals surface area (Å²) in [5, 5.41) is 3.39. The van der Waals surface area contributed by atoms with Gasteiger partial charge < -0.3 is 10.2 Å². The second-order valence-electron chi connectivity index (χ2n) is 5.89. The van der Waals surface area contributed by atoms with E-state index in [0.29, 0.717) is 23.0 Å². The molecule has 2 amide bonds. The summed E-state index contributed by atoms with van der Waals surface area (Å²) in [4.78, 5) is 26.2. The Morgan fingerprint density at radius 2 is 1.88 bits per heavy atom. The number of likely N-dealkylation sites (N-methyl/N-ethyl adjacent to an activating group) is 1. The maximum Gasteiger partial charge on any atom is 0.244 e. The molecule has 0 radical (unpaired) electrons. The summed E-state index contributed by atoms with van der Waals surface area (Å²) in [5.74, 6) is 0.870. The van der Waals surface area contributed by atoms with Crippen LogP contribution < -0.4 is 5.32 Å². The van der Waals surface area contributed by atoms with Gasteiger partial charge in [0.25, 0.3) is 0 Å². The van der Waals surface area contributed by atoms with Crippen molar-refractivity contribution in [3.63, 3.8) is 0 Å². The van der Waals surface area contributed by atoms with Crippen molar-refractivity contribution in [2.75, 3.05) is 24.2 Å². The number of amides is 2. The fourth-order valence-corrected chi connectivity index (χ4v) is 3.45. The van der Waals surface area contributed by atoms with Gasteiger partial charge in [-0.2, -0.15) is 0 Å². The number of rotatable bonds is 8. The number of carbonyl (C=O) groups is 2. The van der Waals surface area contributed by atoms with E-state index in [1.165, 1.54) is 5.56 Å². The van der Waals surface area contributed by atoms with Gasteiger partial charge in [0, 0.05) is 23.0 Å². The van der Waals surface area contributed by atoms with Crippen LogP contribution in [0.1, 0.15) is 18.1 Å². The van der Waals surface area contributed by atoms with Crippen LogP contribution in [0.25, 0.3) is 0 Å². The van der Waals surface area contributed by atoms with Gasteiger partial charge in [-0.1, -0.05) is 48.0 Å². The highest BCUT2D eigenvalue weighted by atomic mass is 35.5. The highest BCUT2D eigenvalue weighted by Gasteiger charge is 2.16. The van der Waals surface area contributed by atoms with Crippen LogP contribution in [0, 0.1) is 6.92 Å². The summed E-state index contributed by atoms with van der Waals surface area (Å²) in [6.45, 7) is 4.30. The third-order valence-corrected chi connectivity index (χ3v) is 5.10. The maximum atomic E-state index is 12.4. The molecule has 0 fully saturated rings. The Bertz CT molecular complexity index is 753. The molecule has 0 saturated carbocycles. The lowest BCUT2D eigenvalue weighted by molar-refractivity contribution is -0.132. The van der Waals surface area contributed by atoms with Gasteiger partial charge in [0.2, 0.25) is 11.8 Å². The van der Waals surface area contributed by atoms with E-state index in [2.05, 4.69) is 5.32 Å². The Morgan fingerprint density at radius 1 is 1.15 bits per heavy atom. The minimum absolute atomic E-state index is 0.0349. The lowest BCUT2D eigenvalue weighted by Crippen LogP contribution is -2.39. The summed E-state index contributed by atoms with van der Waals surface area (Å²) in [7, 11) is 0. The molecule has 0 aliphatic rings. The van der Waals surface area contributed by atoms with E-state index < -0.39 is 0 Å². The van der Waals surface area contributed by atoms with Crippen LogP contribution in [0.2, 0.25) is 5.02 Å². The molecule has 0 aliphatic heterocycles. The number of aryl methyl sites for hydroxylation is 1. The van der Waals surface area contributed by atoms with Gasteiger partial charge in [0.1, 0.15) is 0 Å². The van der Waals surface area contributed by atoms with E-state index in [4.69, 9.17) is 11.6 Å². The number of benzene rings is 2. The zero-order chi connectivity index (χ0) is 18.9. The van der Waals surface area contributed by atoms with Gasteiger partial charge in [0.15, 0.2) is 0 Å². The molecule has 138 valence electrons. The quantitative estimate of drug-likeness (QED) is 0.728. The van der Waals surface area contributed by atoms with Crippen molar-refractivity contribution >= 4 is 40.9 Å². The molecule has 0 aromatic heterocycles. The second kappa shape index (κ2) is 10.2. The molecule has 26 heavy (non-hydrogen) atoms. The van der Waals surface area contributed by atoms with Crippen molar-refractivity contribution in [1.82, 2.24) is 4.90 Å². The number of halogens is 1. The van der Waals surface area contributed by atoms with E-state index in [1.807, 2.05) is 50.2 Å². The fourth-order valence-electron chi connectivity index (χ4n) is 2.39. The van der Waals surface area contributed by atoms with Crippen LogP contribution in [0.5, 0.6) is 0 Å². The summed E-state index contributed by atoms with van der Waals surface area (Å²) in [6, 6.07) is 15.3. The van der Waals surface area contributed by atoms with Crippen molar-refractivity contribution in [2.45, 2.75) is 19.6 Å². The molecule has 6 heteroatoms. The van der Waals surface area contributed by atoms with Crippen LogP contribution in [-0.4, -0.2) is 35.6 Å². The third kappa shape index (κ3) is 6.39. The number of nitrogens with one attached hydrogen (secondary N) is 1. The van der Waals surface area contributed by atoms with Crippen LogP contribution in [0.15, 0.2) is 48.5 Å². The normalized spacial score (nSPS) is 10.4. The predicted molar refractivity (Wildman–Crippen MR) is 110 cm³/mol. The van der Waals surface area contributed by atoms with Crippen LogP contribution in [0.3, 0.4) is 0 Å². The Labute approximate surface area is 163 Å². The first kappa shape index (κ1) is 20.3. The topological polar surface area (TPSA) is 49.4 Å². The number of nitrogens with zero attached hydrogens (tertiary/aromatic N) is 1. The van der Waals surface area contributed by atoms with E-state index in [1.54, 1.807) is 28.8 Å². The van der Waals surface area contributed by atoms with Gasteiger partial charge in [-0.3, -0.25) is 9.59 Å². The molecule has 4 nitrogen and oxygen atoms in total. The maximum absolute atomic E-state index is 12.4. The van der Waals surface area contributed by atoms with Crippen molar-refractivity contribution in [3.05, 3.63) is 64.7 Å². The van der Waals surface area contributed by atoms with Gasteiger partial charge in [-0.15, -0.1) is 11.8 Å². The number of hydrogen-bond donors (Lipinski definition) is 1. The largest absolute Gasteiger partial charge is 0.333 e. The molecular formula is C20H23ClN2O2S. The Balaban J connectivity index is 1.84. The average molecular weight is 391 g/mol. The Morgan fingerprint density at radius 3 is 2.58 bits per heavy atom. The highest BCUT2D eigenvalue weighted by molar-refractivity contribution is 7.99. The molecular weight excluding hydrogens is 368 g/mol. The molecule has 2 aromatic rings. The van der Waals surface area contributed by atoms with Gasteiger partial charge in [-0.05, 0) is 37.1 Å². The molecule has 2 rings (SSSR count). The molecule has 1 N–H and O–H groups in total. The predicted octanol–water partition coefficient (Wildman–Crippen LogP) is 4.37. The van der Waals surface area contributed by atoms with Gasteiger partial charge in [0.05, 0.1) is 12.3 Å². The lowest BCUT2D eigenvalue weighted by atomic mass is 10.2. The average Bonchev–Trinajstić information content (AvgIpc) is 2.63. The third-order valence-electron chi connectivity index (χ3n) is 3.88. The zero-order valence-corrected chi connectivity index (χ0v) is 16.6. The monoisotopic (exact) mass is 390 g/mol. The first-order valence-corrected chi connectivity index (χ1v) is 9.98. The fraction of sp³-hybridized carbons (Fsp3) is 0.300. The highest BCUT2D eigenvalue weighted by Crippen LogP contribution is 2.20.